The van der Waals surface area contributed by atoms with Crippen LogP contribution in [0.25, 0.3) is 6.08 Å². The number of benzene rings is 1. The number of rotatable bonds is 6. The lowest BCUT2D eigenvalue weighted by Crippen LogP contribution is -2.34. The molecular weight excluding hydrogens is 330 g/mol. The third kappa shape index (κ3) is 5.57. The predicted molar refractivity (Wildman–Crippen MR) is 96.0 cm³/mol. The van der Waals surface area contributed by atoms with Gasteiger partial charge in [0.2, 0.25) is 0 Å². The summed E-state index contributed by atoms with van der Waals surface area (Å²) in [6, 6.07) is 1.59. The standard InChI is InChI=1S/C18H24ClNO4/c1-7-13-11(2)15(19)10-14(12(3)21)16(13)23-9-8-20-17(22)24-18(4,5)6/h7,10H,1,8-9H2,2-6H3,(H,20,22). The van der Waals surface area contributed by atoms with Gasteiger partial charge in [-0.3, -0.25) is 4.79 Å². The average molecular weight is 354 g/mol. The number of Topliss-reactive ketones (excluding diaryl/α,β-unsaturated/α-hetero) is 1. The van der Waals surface area contributed by atoms with Gasteiger partial charge in [0.1, 0.15) is 18.0 Å². The fraction of sp³-hybridized carbons (Fsp3) is 0.444. The van der Waals surface area contributed by atoms with E-state index in [-0.39, 0.29) is 18.9 Å². The molecule has 0 atom stereocenters. The maximum Gasteiger partial charge on any atom is 0.407 e. The molecule has 0 fully saturated rings. The largest absolute Gasteiger partial charge is 0.490 e. The number of alkyl carbamates (subject to hydrolysis) is 1. The van der Waals surface area contributed by atoms with Gasteiger partial charge in [-0.25, -0.2) is 4.79 Å². The molecule has 0 radical (unpaired) electrons. The molecule has 0 bridgehead atoms. The van der Waals surface area contributed by atoms with E-state index >= 15 is 0 Å². The van der Waals surface area contributed by atoms with Crippen LogP contribution in [0.1, 0.15) is 49.2 Å². The highest BCUT2D eigenvalue weighted by Crippen LogP contribution is 2.33. The minimum absolute atomic E-state index is 0.157. The van der Waals surface area contributed by atoms with Gasteiger partial charge in [-0.2, -0.15) is 0 Å². The van der Waals surface area contributed by atoms with E-state index in [0.29, 0.717) is 21.9 Å². The second kappa shape index (κ2) is 8.20. The lowest BCUT2D eigenvalue weighted by atomic mass is 10.0. The number of amides is 1. The van der Waals surface area contributed by atoms with Crippen molar-refractivity contribution >= 4 is 29.6 Å². The highest BCUT2D eigenvalue weighted by atomic mass is 35.5. The van der Waals surface area contributed by atoms with Crippen molar-refractivity contribution in [2.24, 2.45) is 0 Å². The van der Waals surface area contributed by atoms with Crippen LogP contribution in [-0.4, -0.2) is 30.6 Å². The van der Waals surface area contributed by atoms with Crippen LogP contribution in [0.3, 0.4) is 0 Å². The van der Waals surface area contributed by atoms with Crippen LogP contribution >= 0.6 is 11.6 Å². The van der Waals surface area contributed by atoms with E-state index in [9.17, 15) is 9.59 Å². The average Bonchev–Trinajstić information content (AvgIpc) is 2.44. The molecule has 0 aliphatic carbocycles. The third-order valence-corrected chi connectivity index (χ3v) is 3.52. The summed E-state index contributed by atoms with van der Waals surface area (Å²) in [7, 11) is 0. The Morgan fingerprint density at radius 1 is 1.38 bits per heavy atom. The lowest BCUT2D eigenvalue weighted by molar-refractivity contribution is 0.0519. The van der Waals surface area contributed by atoms with E-state index in [2.05, 4.69) is 11.9 Å². The SMILES string of the molecule is C=Cc1c(C)c(Cl)cc(C(C)=O)c1OCCNC(=O)OC(C)(C)C. The van der Waals surface area contributed by atoms with Gasteiger partial charge in [0, 0.05) is 10.6 Å². The Morgan fingerprint density at radius 3 is 2.50 bits per heavy atom. The van der Waals surface area contributed by atoms with Crippen molar-refractivity contribution in [2.75, 3.05) is 13.2 Å². The number of carbonyl (C=O) groups is 2. The number of hydrogen-bond donors (Lipinski definition) is 1. The van der Waals surface area contributed by atoms with E-state index in [1.165, 1.54) is 6.92 Å². The number of ketones is 1. The Bertz CT molecular complexity index is 647. The van der Waals surface area contributed by atoms with Gasteiger partial charge >= 0.3 is 6.09 Å². The van der Waals surface area contributed by atoms with E-state index in [4.69, 9.17) is 21.1 Å². The number of hydrogen-bond acceptors (Lipinski definition) is 4. The summed E-state index contributed by atoms with van der Waals surface area (Å²) in [5.41, 5.74) is 1.28. The molecule has 5 nitrogen and oxygen atoms in total. The summed E-state index contributed by atoms with van der Waals surface area (Å²) < 4.78 is 10.9. The molecule has 6 heteroatoms. The summed E-state index contributed by atoms with van der Waals surface area (Å²) in [6.45, 7) is 12.8. The van der Waals surface area contributed by atoms with Crippen molar-refractivity contribution in [1.82, 2.24) is 5.32 Å². The first-order valence-electron chi connectivity index (χ1n) is 7.63. The molecule has 0 heterocycles. The molecule has 1 aromatic carbocycles. The van der Waals surface area contributed by atoms with E-state index < -0.39 is 11.7 Å². The fourth-order valence-corrected chi connectivity index (χ4v) is 2.24. The van der Waals surface area contributed by atoms with Crippen molar-refractivity contribution < 1.29 is 19.1 Å². The zero-order valence-electron chi connectivity index (χ0n) is 14.8. The van der Waals surface area contributed by atoms with Crippen LogP contribution in [-0.2, 0) is 4.74 Å². The molecule has 0 saturated heterocycles. The first-order chi connectivity index (χ1) is 11.1. The summed E-state index contributed by atoms with van der Waals surface area (Å²) in [4.78, 5) is 23.4. The van der Waals surface area contributed by atoms with Gasteiger partial charge in [-0.05, 0) is 46.2 Å². The monoisotopic (exact) mass is 353 g/mol. The molecule has 1 amide bonds. The van der Waals surface area contributed by atoms with E-state index in [0.717, 1.165) is 5.56 Å². The van der Waals surface area contributed by atoms with Crippen LogP contribution in [0, 0.1) is 6.92 Å². The summed E-state index contributed by atoms with van der Waals surface area (Å²) in [5.74, 6) is 0.264. The minimum atomic E-state index is -0.559. The molecule has 1 aromatic rings. The quantitative estimate of drug-likeness (QED) is 0.608. The van der Waals surface area contributed by atoms with Crippen LogP contribution in [0.15, 0.2) is 12.6 Å². The van der Waals surface area contributed by atoms with Crippen molar-refractivity contribution in [3.63, 3.8) is 0 Å². The normalized spacial score (nSPS) is 10.9. The molecule has 1 N–H and O–H groups in total. The number of carbonyl (C=O) groups excluding carboxylic acids is 2. The number of nitrogens with one attached hydrogen (secondary N) is 1. The molecule has 0 aliphatic rings. The summed E-state index contributed by atoms with van der Waals surface area (Å²) >= 11 is 6.15. The van der Waals surface area contributed by atoms with Gasteiger partial charge in [0.15, 0.2) is 5.78 Å². The zero-order valence-corrected chi connectivity index (χ0v) is 15.5. The molecule has 1 rings (SSSR count). The highest BCUT2D eigenvalue weighted by Gasteiger charge is 2.18. The Morgan fingerprint density at radius 2 is 2.00 bits per heavy atom. The maximum absolute atomic E-state index is 11.8. The number of halogens is 1. The molecule has 0 aliphatic heterocycles. The third-order valence-electron chi connectivity index (χ3n) is 3.12. The van der Waals surface area contributed by atoms with Crippen molar-refractivity contribution in [3.05, 3.63) is 34.4 Å². The maximum atomic E-state index is 11.8. The lowest BCUT2D eigenvalue weighted by Gasteiger charge is -2.20. The molecule has 0 saturated carbocycles. The summed E-state index contributed by atoms with van der Waals surface area (Å²) in [5, 5.41) is 3.08. The molecule has 0 unspecified atom stereocenters. The van der Waals surface area contributed by atoms with Gasteiger partial charge in [0.25, 0.3) is 0 Å². The van der Waals surface area contributed by atoms with Crippen LogP contribution < -0.4 is 10.1 Å². The Hall–Kier alpha value is -2.01. The molecule has 0 spiro atoms. The first kappa shape index (κ1) is 20.0. The molecule has 24 heavy (non-hydrogen) atoms. The molecule has 132 valence electrons. The Kier molecular flexibility index (Phi) is 6.84. The highest BCUT2D eigenvalue weighted by molar-refractivity contribution is 6.32. The predicted octanol–water partition coefficient (Wildman–Crippen LogP) is 4.40. The Balaban J connectivity index is 2.81. The minimum Gasteiger partial charge on any atom is -0.490 e. The fourth-order valence-electron chi connectivity index (χ4n) is 2.03. The molecular formula is C18H24ClNO4. The number of ether oxygens (including phenoxy) is 2. The van der Waals surface area contributed by atoms with Crippen molar-refractivity contribution in [3.8, 4) is 5.75 Å². The smallest absolute Gasteiger partial charge is 0.407 e. The molecule has 0 aromatic heterocycles. The van der Waals surface area contributed by atoms with Crippen LogP contribution in [0.4, 0.5) is 4.79 Å². The zero-order chi connectivity index (χ0) is 18.5. The van der Waals surface area contributed by atoms with Gasteiger partial charge in [0.05, 0.1) is 12.1 Å². The van der Waals surface area contributed by atoms with E-state index in [1.807, 2.05) is 6.92 Å². The van der Waals surface area contributed by atoms with Gasteiger partial charge in [-0.1, -0.05) is 24.3 Å². The van der Waals surface area contributed by atoms with Gasteiger partial charge < -0.3 is 14.8 Å². The second-order valence-corrected chi connectivity index (χ2v) is 6.72. The van der Waals surface area contributed by atoms with Crippen molar-refractivity contribution in [2.45, 2.75) is 40.2 Å². The van der Waals surface area contributed by atoms with Gasteiger partial charge in [-0.15, -0.1) is 0 Å². The van der Waals surface area contributed by atoms with Crippen LogP contribution in [0.2, 0.25) is 5.02 Å². The topological polar surface area (TPSA) is 64.6 Å². The van der Waals surface area contributed by atoms with Crippen LogP contribution in [0.5, 0.6) is 5.75 Å². The van der Waals surface area contributed by atoms with Crippen molar-refractivity contribution in [1.29, 1.82) is 0 Å². The first-order valence-corrected chi connectivity index (χ1v) is 8.00. The Labute approximate surface area is 148 Å². The van der Waals surface area contributed by atoms with E-state index in [1.54, 1.807) is 32.9 Å². The second-order valence-electron chi connectivity index (χ2n) is 6.31. The summed E-state index contributed by atoms with van der Waals surface area (Å²) in [6.07, 6.45) is 1.08.